The molecule has 150 valence electrons. The molecule has 0 saturated carbocycles. The molecule has 5 N–H and O–H groups in total. The molecular formula is C23H32N4O. The van der Waals surface area contributed by atoms with E-state index in [9.17, 15) is 0 Å². The average Bonchev–Trinajstić information content (AvgIpc) is 2.76. The lowest BCUT2D eigenvalue weighted by atomic mass is 9.93. The smallest absolute Gasteiger partial charge is 0.119 e. The van der Waals surface area contributed by atoms with E-state index in [0.29, 0.717) is 12.5 Å². The van der Waals surface area contributed by atoms with Crippen molar-refractivity contribution in [2.24, 2.45) is 17.5 Å². The fourth-order valence-electron chi connectivity index (χ4n) is 3.74. The summed E-state index contributed by atoms with van der Waals surface area (Å²) >= 11 is 0. The zero-order valence-corrected chi connectivity index (χ0v) is 16.5. The third kappa shape index (κ3) is 6.01. The van der Waals surface area contributed by atoms with Crippen molar-refractivity contribution in [3.63, 3.8) is 0 Å². The minimum absolute atomic E-state index is 0.457. The van der Waals surface area contributed by atoms with E-state index in [1.807, 2.05) is 6.07 Å². The number of hydrogen-bond acceptors (Lipinski definition) is 5. The normalized spacial score (nSPS) is 16.1. The van der Waals surface area contributed by atoms with Gasteiger partial charge in [0.15, 0.2) is 0 Å². The van der Waals surface area contributed by atoms with Crippen LogP contribution in [0.2, 0.25) is 0 Å². The van der Waals surface area contributed by atoms with Crippen LogP contribution in [0.3, 0.4) is 0 Å². The number of nitrogens with one attached hydrogen (secondary N) is 1. The van der Waals surface area contributed by atoms with Gasteiger partial charge in [0.05, 0.1) is 6.61 Å². The van der Waals surface area contributed by atoms with E-state index >= 15 is 0 Å². The van der Waals surface area contributed by atoms with Crippen LogP contribution in [0.15, 0.2) is 66.5 Å². The molecule has 3 rings (SSSR count). The second-order valence-electron chi connectivity index (χ2n) is 7.36. The molecule has 0 unspecified atom stereocenters. The Morgan fingerprint density at radius 2 is 1.68 bits per heavy atom. The van der Waals surface area contributed by atoms with Gasteiger partial charge in [-0.25, -0.2) is 0 Å². The number of piperidine rings is 1. The Morgan fingerprint density at radius 1 is 1.00 bits per heavy atom. The van der Waals surface area contributed by atoms with E-state index in [0.717, 1.165) is 56.8 Å². The first-order chi connectivity index (χ1) is 13.8. The maximum absolute atomic E-state index is 5.87. The molecule has 1 heterocycles. The maximum Gasteiger partial charge on any atom is 0.119 e. The van der Waals surface area contributed by atoms with Crippen LogP contribution in [0.4, 0.5) is 0 Å². The Hall–Kier alpha value is -2.50. The van der Waals surface area contributed by atoms with Gasteiger partial charge in [0, 0.05) is 30.8 Å². The Labute approximate surface area is 168 Å². The molecule has 0 aromatic heterocycles. The van der Waals surface area contributed by atoms with Gasteiger partial charge < -0.3 is 20.8 Å². The van der Waals surface area contributed by atoms with Gasteiger partial charge >= 0.3 is 0 Å². The Balaban J connectivity index is 1.37. The van der Waals surface area contributed by atoms with E-state index in [1.54, 1.807) is 6.20 Å². The average molecular weight is 381 g/mol. The minimum Gasteiger partial charge on any atom is -0.493 e. The molecule has 1 fully saturated rings. The molecule has 5 heteroatoms. The van der Waals surface area contributed by atoms with E-state index in [2.05, 4.69) is 58.9 Å². The van der Waals surface area contributed by atoms with E-state index < -0.39 is 0 Å². The van der Waals surface area contributed by atoms with Gasteiger partial charge in [-0.1, -0.05) is 42.5 Å². The standard InChI is InChI=1S/C23H32N4O/c24-18-23(26-25)21-11-15-27(16-12-21)14-10-20-6-8-22(9-7-20)28-17-13-19-4-2-1-3-5-19/h1-9,18,21,26H,10-17,24-25H2/b23-18-. The van der Waals surface area contributed by atoms with Crippen molar-refractivity contribution < 1.29 is 4.74 Å². The van der Waals surface area contributed by atoms with Crippen molar-refractivity contribution in [1.82, 2.24) is 10.3 Å². The predicted octanol–water partition coefficient (Wildman–Crippen LogP) is 2.83. The summed E-state index contributed by atoms with van der Waals surface area (Å²) in [5.41, 5.74) is 12.0. The number of rotatable bonds is 9. The van der Waals surface area contributed by atoms with Crippen molar-refractivity contribution in [3.05, 3.63) is 77.6 Å². The molecule has 2 aromatic rings. The minimum atomic E-state index is 0.457. The number of allylic oxidation sites excluding steroid dienone is 1. The monoisotopic (exact) mass is 380 g/mol. The van der Waals surface area contributed by atoms with E-state index in [-0.39, 0.29) is 0 Å². The first kappa shape index (κ1) is 20.2. The second kappa shape index (κ2) is 10.7. The highest BCUT2D eigenvalue weighted by Crippen LogP contribution is 2.22. The van der Waals surface area contributed by atoms with Crippen molar-refractivity contribution in [3.8, 4) is 5.75 Å². The van der Waals surface area contributed by atoms with Gasteiger partial charge in [0.1, 0.15) is 5.75 Å². The molecule has 2 aromatic carbocycles. The number of benzene rings is 2. The van der Waals surface area contributed by atoms with Gasteiger partial charge in [-0.3, -0.25) is 5.84 Å². The molecule has 0 spiro atoms. The molecule has 5 nitrogen and oxygen atoms in total. The number of nitrogens with two attached hydrogens (primary N) is 2. The third-order valence-corrected chi connectivity index (χ3v) is 5.52. The molecule has 0 amide bonds. The molecule has 0 atom stereocenters. The molecule has 0 bridgehead atoms. The van der Waals surface area contributed by atoms with Crippen molar-refractivity contribution in [2.45, 2.75) is 25.7 Å². The van der Waals surface area contributed by atoms with E-state index in [4.69, 9.17) is 16.3 Å². The lowest BCUT2D eigenvalue weighted by Gasteiger charge is -2.32. The largest absolute Gasteiger partial charge is 0.493 e. The summed E-state index contributed by atoms with van der Waals surface area (Å²) in [6.45, 7) is 3.96. The summed E-state index contributed by atoms with van der Waals surface area (Å²) in [6.07, 6.45) is 5.79. The number of nitrogens with zero attached hydrogens (tertiary/aromatic N) is 1. The molecular weight excluding hydrogens is 348 g/mol. The highest BCUT2D eigenvalue weighted by atomic mass is 16.5. The highest BCUT2D eigenvalue weighted by Gasteiger charge is 2.21. The summed E-state index contributed by atoms with van der Waals surface area (Å²) in [7, 11) is 0. The van der Waals surface area contributed by atoms with E-state index in [1.165, 1.54) is 11.1 Å². The molecule has 1 aliphatic rings. The first-order valence-electron chi connectivity index (χ1n) is 10.1. The van der Waals surface area contributed by atoms with Crippen LogP contribution in [0.25, 0.3) is 0 Å². The topological polar surface area (TPSA) is 76.5 Å². The molecule has 1 aliphatic heterocycles. The lowest BCUT2D eigenvalue weighted by Crippen LogP contribution is -2.38. The van der Waals surface area contributed by atoms with Crippen LogP contribution in [0.1, 0.15) is 24.0 Å². The van der Waals surface area contributed by atoms with Crippen LogP contribution in [0.5, 0.6) is 5.75 Å². The summed E-state index contributed by atoms with van der Waals surface area (Å²) in [4.78, 5) is 2.52. The SMILES string of the molecule is N/C=C(\NN)C1CCN(CCc2ccc(OCCc3ccccc3)cc2)CC1. The molecule has 0 radical (unpaired) electrons. The summed E-state index contributed by atoms with van der Waals surface area (Å²) < 4.78 is 5.87. The molecule has 28 heavy (non-hydrogen) atoms. The van der Waals surface area contributed by atoms with Gasteiger partial charge in [-0.15, -0.1) is 0 Å². The summed E-state index contributed by atoms with van der Waals surface area (Å²) in [5.74, 6) is 6.93. The number of hydrogen-bond donors (Lipinski definition) is 3. The third-order valence-electron chi connectivity index (χ3n) is 5.52. The number of likely N-dealkylation sites (tertiary alicyclic amines) is 1. The van der Waals surface area contributed by atoms with Crippen molar-refractivity contribution >= 4 is 0 Å². The highest BCUT2D eigenvalue weighted by molar-refractivity contribution is 5.27. The van der Waals surface area contributed by atoms with Crippen molar-refractivity contribution in [2.75, 3.05) is 26.2 Å². The quantitative estimate of drug-likeness (QED) is 0.461. The summed E-state index contributed by atoms with van der Waals surface area (Å²) in [6, 6.07) is 19.0. The van der Waals surface area contributed by atoms with Crippen LogP contribution in [0, 0.1) is 5.92 Å². The Morgan fingerprint density at radius 3 is 2.32 bits per heavy atom. The number of hydrazine groups is 1. The summed E-state index contributed by atoms with van der Waals surface area (Å²) in [5, 5.41) is 0. The predicted molar refractivity (Wildman–Crippen MR) is 115 cm³/mol. The van der Waals surface area contributed by atoms with Crippen LogP contribution in [-0.2, 0) is 12.8 Å². The molecule has 0 aliphatic carbocycles. The van der Waals surface area contributed by atoms with Gasteiger partial charge in [0.2, 0.25) is 0 Å². The zero-order valence-electron chi connectivity index (χ0n) is 16.5. The second-order valence-corrected chi connectivity index (χ2v) is 7.36. The lowest BCUT2D eigenvalue weighted by molar-refractivity contribution is 0.197. The zero-order chi connectivity index (χ0) is 19.6. The van der Waals surface area contributed by atoms with Gasteiger partial charge in [-0.05, 0) is 55.6 Å². The first-order valence-corrected chi connectivity index (χ1v) is 10.1. The maximum atomic E-state index is 5.87. The van der Waals surface area contributed by atoms with Crippen LogP contribution >= 0.6 is 0 Å². The van der Waals surface area contributed by atoms with Gasteiger partial charge in [-0.2, -0.15) is 0 Å². The fraction of sp³-hybridized carbons (Fsp3) is 0.391. The fourth-order valence-corrected chi connectivity index (χ4v) is 3.74. The Kier molecular flexibility index (Phi) is 7.76. The van der Waals surface area contributed by atoms with Gasteiger partial charge in [0.25, 0.3) is 0 Å². The number of ether oxygens (including phenoxy) is 1. The Bertz CT molecular complexity index is 722. The molecule has 1 saturated heterocycles. The van der Waals surface area contributed by atoms with Crippen LogP contribution < -0.4 is 21.7 Å². The van der Waals surface area contributed by atoms with Crippen molar-refractivity contribution in [1.29, 1.82) is 0 Å². The van der Waals surface area contributed by atoms with Crippen LogP contribution in [-0.4, -0.2) is 31.1 Å².